The molecule has 0 saturated carbocycles. The molecule has 0 radical (unpaired) electrons. The minimum absolute atomic E-state index is 0.0251. The Bertz CT molecular complexity index is 1350. The van der Waals surface area contributed by atoms with E-state index in [9.17, 15) is 14.6 Å². The molecule has 5 rings (SSSR count). The van der Waals surface area contributed by atoms with E-state index in [1.807, 2.05) is 17.6 Å². The van der Waals surface area contributed by atoms with Crippen molar-refractivity contribution in [2.45, 2.75) is 12.5 Å². The smallest absolute Gasteiger partial charge is 0.203 e. The zero-order chi connectivity index (χ0) is 22.6. The highest BCUT2D eigenvalue weighted by molar-refractivity contribution is 5.86. The van der Waals surface area contributed by atoms with Crippen LogP contribution in [0.15, 0.2) is 42.6 Å². The van der Waals surface area contributed by atoms with Crippen molar-refractivity contribution >= 4 is 11.0 Å². The molecule has 3 heterocycles. The zero-order valence-corrected chi connectivity index (χ0v) is 17.3. The summed E-state index contributed by atoms with van der Waals surface area (Å²) in [7, 11) is 1.31. The van der Waals surface area contributed by atoms with Crippen LogP contribution in [0.2, 0.25) is 0 Å². The second-order valence-electron chi connectivity index (χ2n) is 7.96. The number of halogens is 2. The van der Waals surface area contributed by atoms with Gasteiger partial charge in [0.25, 0.3) is 0 Å². The van der Waals surface area contributed by atoms with E-state index in [1.165, 1.54) is 19.2 Å². The van der Waals surface area contributed by atoms with E-state index < -0.39 is 28.7 Å². The fourth-order valence-corrected chi connectivity index (χ4v) is 3.96. The van der Waals surface area contributed by atoms with Crippen LogP contribution in [0.5, 0.6) is 17.2 Å². The number of hydrogen-bond donors (Lipinski definition) is 2. The van der Waals surface area contributed by atoms with Gasteiger partial charge < -0.3 is 24.3 Å². The van der Waals surface area contributed by atoms with Gasteiger partial charge in [0.15, 0.2) is 17.3 Å². The van der Waals surface area contributed by atoms with Gasteiger partial charge in [-0.05, 0) is 37.3 Å². The maximum absolute atomic E-state index is 15.1. The van der Waals surface area contributed by atoms with Crippen LogP contribution in [-0.2, 0) is 10.3 Å². The summed E-state index contributed by atoms with van der Waals surface area (Å²) in [5.74, 6) is -2.87. The first kappa shape index (κ1) is 20.2. The molecule has 1 aliphatic rings. The molecule has 2 aromatic carbocycles. The number of methoxy groups -OCH3 is 1. The van der Waals surface area contributed by atoms with Crippen molar-refractivity contribution in [2.75, 3.05) is 20.3 Å². The molecule has 1 saturated heterocycles. The largest absolute Gasteiger partial charge is 0.502 e. The summed E-state index contributed by atoms with van der Waals surface area (Å²) >= 11 is 0. The van der Waals surface area contributed by atoms with E-state index in [1.54, 1.807) is 18.2 Å². The number of aromatic hydroxyl groups is 2. The van der Waals surface area contributed by atoms with Crippen molar-refractivity contribution in [3.8, 4) is 39.9 Å². The normalized spacial score (nSPS) is 15.0. The third kappa shape index (κ3) is 2.96. The summed E-state index contributed by atoms with van der Waals surface area (Å²) in [5.41, 5.74) is 2.05. The average Bonchev–Trinajstić information content (AvgIpc) is 3.15. The second-order valence-corrected chi connectivity index (χ2v) is 7.96. The topological polar surface area (TPSA) is 89.6 Å². The first-order valence-corrected chi connectivity index (χ1v) is 9.84. The lowest BCUT2D eigenvalue weighted by atomic mass is 9.98. The standard InChI is InChI=1S/C23H19F2N3O4/c1-23(10-32-11-23)28-17-7-12(15-6-4-13(24)9-26-15)3-5-16(17)27-22(28)14-8-18(31-2)20(29)21(30)19(14)25/h3-9,29-30H,10-11H2,1-2H3. The third-order valence-corrected chi connectivity index (χ3v) is 5.68. The molecule has 0 amide bonds. The molecule has 32 heavy (non-hydrogen) atoms. The molecule has 0 unspecified atom stereocenters. The fraction of sp³-hybridized carbons (Fsp3) is 0.217. The van der Waals surface area contributed by atoms with Crippen molar-refractivity contribution < 1.29 is 28.5 Å². The molecule has 1 fully saturated rings. The number of hydrogen-bond acceptors (Lipinski definition) is 6. The monoisotopic (exact) mass is 439 g/mol. The Morgan fingerprint density at radius 2 is 1.88 bits per heavy atom. The van der Waals surface area contributed by atoms with Crippen LogP contribution in [-0.4, -0.2) is 45.1 Å². The number of phenolic OH excluding ortho intramolecular Hbond substituents is 2. The molecule has 2 N–H and O–H groups in total. The number of aromatic nitrogens is 3. The van der Waals surface area contributed by atoms with Crippen LogP contribution in [0, 0.1) is 11.6 Å². The number of imidazole rings is 1. The number of benzene rings is 2. The van der Waals surface area contributed by atoms with Gasteiger partial charge in [-0.25, -0.2) is 13.8 Å². The minimum atomic E-state index is -1.01. The molecular weight excluding hydrogens is 420 g/mol. The van der Waals surface area contributed by atoms with Crippen molar-refractivity contribution in [2.24, 2.45) is 0 Å². The summed E-state index contributed by atoms with van der Waals surface area (Å²) < 4.78 is 40.8. The van der Waals surface area contributed by atoms with Gasteiger partial charge in [-0.3, -0.25) is 4.98 Å². The Morgan fingerprint density at radius 3 is 2.50 bits per heavy atom. The molecule has 1 aliphatic heterocycles. The molecule has 2 aromatic heterocycles. The highest BCUT2D eigenvalue weighted by Crippen LogP contribution is 2.45. The molecule has 0 aliphatic carbocycles. The first-order valence-electron chi connectivity index (χ1n) is 9.84. The van der Waals surface area contributed by atoms with Gasteiger partial charge in [0.2, 0.25) is 5.75 Å². The summed E-state index contributed by atoms with van der Waals surface area (Å²) in [5, 5.41) is 20.1. The minimum Gasteiger partial charge on any atom is -0.502 e. The van der Waals surface area contributed by atoms with Crippen molar-refractivity contribution in [1.82, 2.24) is 14.5 Å². The summed E-state index contributed by atoms with van der Waals surface area (Å²) in [6, 6.07) is 9.63. The molecule has 0 bridgehead atoms. The lowest BCUT2D eigenvalue weighted by Gasteiger charge is -2.40. The van der Waals surface area contributed by atoms with E-state index in [2.05, 4.69) is 9.97 Å². The van der Waals surface area contributed by atoms with Gasteiger partial charge in [-0.15, -0.1) is 0 Å². The Kier molecular flexibility index (Phi) is 4.52. The highest BCUT2D eigenvalue weighted by atomic mass is 19.1. The van der Waals surface area contributed by atoms with Crippen LogP contribution < -0.4 is 4.74 Å². The van der Waals surface area contributed by atoms with Crippen molar-refractivity contribution in [3.05, 3.63) is 54.2 Å². The van der Waals surface area contributed by atoms with Gasteiger partial charge in [0, 0.05) is 5.56 Å². The molecule has 4 aromatic rings. The molecule has 164 valence electrons. The van der Waals surface area contributed by atoms with Crippen LogP contribution in [0.1, 0.15) is 6.92 Å². The summed E-state index contributed by atoms with van der Waals surface area (Å²) in [4.78, 5) is 8.76. The van der Waals surface area contributed by atoms with Gasteiger partial charge in [0.1, 0.15) is 11.6 Å². The van der Waals surface area contributed by atoms with Gasteiger partial charge in [-0.1, -0.05) is 6.07 Å². The first-order chi connectivity index (χ1) is 15.3. The lowest BCUT2D eigenvalue weighted by molar-refractivity contribution is -0.0868. The van der Waals surface area contributed by atoms with E-state index in [4.69, 9.17) is 9.47 Å². The Morgan fingerprint density at radius 1 is 1.09 bits per heavy atom. The van der Waals surface area contributed by atoms with E-state index in [0.717, 1.165) is 11.8 Å². The quantitative estimate of drug-likeness (QED) is 0.463. The zero-order valence-electron chi connectivity index (χ0n) is 17.3. The number of rotatable bonds is 4. The van der Waals surface area contributed by atoms with Crippen LogP contribution in [0.3, 0.4) is 0 Å². The van der Waals surface area contributed by atoms with Crippen LogP contribution in [0.4, 0.5) is 8.78 Å². The number of phenols is 2. The van der Waals surface area contributed by atoms with Gasteiger partial charge >= 0.3 is 0 Å². The van der Waals surface area contributed by atoms with Crippen LogP contribution in [0.25, 0.3) is 33.7 Å². The Balaban J connectivity index is 1.78. The van der Waals surface area contributed by atoms with Crippen molar-refractivity contribution in [3.63, 3.8) is 0 Å². The van der Waals surface area contributed by atoms with Crippen molar-refractivity contribution in [1.29, 1.82) is 0 Å². The van der Waals surface area contributed by atoms with E-state index in [-0.39, 0.29) is 17.1 Å². The van der Waals surface area contributed by atoms with E-state index in [0.29, 0.717) is 29.9 Å². The average molecular weight is 439 g/mol. The summed E-state index contributed by atoms with van der Waals surface area (Å²) in [6.07, 6.45) is 1.14. The fourth-order valence-electron chi connectivity index (χ4n) is 3.96. The highest BCUT2D eigenvalue weighted by Gasteiger charge is 2.39. The molecule has 0 atom stereocenters. The summed E-state index contributed by atoms with van der Waals surface area (Å²) in [6.45, 7) is 2.72. The third-order valence-electron chi connectivity index (χ3n) is 5.68. The second kappa shape index (κ2) is 7.16. The maximum Gasteiger partial charge on any atom is 0.203 e. The number of ether oxygens (including phenoxy) is 2. The molecule has 9 heteroatoms. The predicted molar refractivity (Wildman–Crippen MR) is 113 cm³/mol. The number of fused-ring (bicyclic) bond motifs is 1. The molecule has 7 nitrogen and oxygen atoms in total. The maximum atomic E-state index is 15.1. The lowest BCUT2D eigenvalue weighted by Crippen LogP contribution is -2.49. The molecular formula is C23H19F2N3O4. The predicted octanol–water partition coefficient (Wildman–Crippen LogP) is 4.21. The van der Waals surface area contributed by atoms with E-state index >= 15 is 4.39 Å². The number of nitrogens with zero attached hydrogens (tertiary/aromatic N) is 3. The van der Waals surface area contributed by atoms with Gasteiger partial charge in [0.05, 0.1) is 54.4 Å². The molecule has 0 spiro atoms. The number of pyridine rings is 1. The van der Waals surface area contributed by atoms with Gasteiger partial charge in [-0.2, -0.15) is 0 Å². The SMILES string of the molecule is COc1cc(-c2nc3ccc(-c4ccc(F)cn4)cc3n2C2(C)COC2)c(F)c(O)c1O. The Hall–Kier alpha value is -3.72. The Labute approximate surface area is 181 Å². The van der Waals surface area contributed by atoms with Crippen LogP contribution >= 0.6 is 0 Å².